The molecule has 4 nitrogen and oxygen atoms in total. The van der Waals surface area contributed by atoms with Gasteiger partial charge in [0.15, 0.2) is 0 Å². The van der Waals surface area contributed by atoms with E-state index in [4.69, 9.17) is 0 Å². The van der Waals surface area contributed by atoms with Crippen LogP contribution < -0.4 is 10.1 Å². The molecule has 1 aromatic rings. The van der Waals surface area contributed by atoms with Crippen molar-refractivity contribution < 1.29 is 27.4 Å². The minimum Gasteiger partial charge on any atom is -0.468 e. The van der Waals surface area contributed by atoms with Crippen LogP contribution in [0.1, 0.15) is 31.9 Å². The highest BCUT2D eigenvalue weighted by Gasteiger charge is 2.34. The molecule has 1 aromatic carbocycles. The molecule has 2 unspecified atom stereocenters. The molecule has 0 bridgehead atoms. The SMILES string of the molecule is CCC(C)NC(C(=O)OC)c1ccccc1OC(F)(F)F. The van der Waals surface area contributed by atoms with Crippen LogP contribution in [0.25, 0.3) is 0 Å². The van der Waals surface area contributed by atoms with Crippen LogP contribution in [0, 0.1) is 0 Å². The van der Waals surface area contributed by atoms with Crippen molar-refractivity contribution in [2.75, 3.05) is 7.11 Å². The second-order valence-electron chi connectivity index (χ2n) is 4.52. The molecule has 1 rings (SSSR count). The normalized spacial score (nSPS) is 14.4. The summed E-state index contributed by atoms with van der Waals surface area (Å²) in [4.78, 5) is 11.9. The molecule has 0 spiro atoms. The zero-order chi connectivity index (χ0) is 16.0. The molecule has 0 saturated carbocycles. The van der Waals surface area contributed by atoms with Gasteiger partial charge in [-0.3, -0.25) is 5.32 Å². The molecule has 21 heavy (non-hydrogen) atoms. The smallest absolute Gasteiger partial charge is 0.468 e. The van der Waals surface area contributed by atoms with Crippen LogP contribution >= 0.6 is 0 Å². The molecular weight excluding hydrogens is 287 g/mol. The summed E-state index contributed by atoms with van der Waals surface area (Å²) in [5.41, 5.74) is 0.0852. The van der Waals surface area contributed by atoms with Gasteiger partial charge in [0, 0.05) is 11.6 Å². The average Bonchev–Trinajstić information content (AvgIpc) is 2.43. The second-order valence-corrected chi connectivity index (χ2v) is 4.52. The highest BCUT2D eigenvalue weighted by molar-refractivity contribution is 5.78. The number of hydrogen-bond donors (Lipinski definition) is 1. The van der Waals surface area contributed by atoms with Crippen molar-refractivity contribution in [1.82, 2.24) is 5.32 Å². The Bertz CT molecular complexity index is 477. The minimum absolute atomic E-state index is 0.0759. The fraction of sp³-hybridized carbons (Fsp3) is 0.500. The van der Waals surface area contributed by atoms with E-state index in [1.54, 1.807) is 0 Å². The lowest BCUT2D eigenvalue weighted by molar-refractivity contribution is -0.275. The predicted octanol–water partition coefficient (Wildman–Crippen LogP) is 3.19. The summed E-state index contributed by atoms with van der Waals surface area (Å²) in [7, 11) is 1.18. The van der Waals surface area contributed by atoms with Gasteiger partial charge in [0.2, 0.25) is 0 Å². The van der Waals surface area contributed by atoms with E-state index >= 15 is 0 Å². The van der Waals surface area contributed by atoms with Crippen molar-refractivity contribution >= 4 is 5.97 Å². The number of esters is 1. The molecule has 0 radical (unpaired) electrons. The van der Waals surface area contributed by atoms with Crippen LogP contribution in [-0.2, 0) is 9.53 Å². The van der Waals surface area contributed by atoms with E-state index in [9.17, 15) is 18.0 Å². The van der Waals surface area contributed by atoms with Crippen LogP contribution in [0.15, 0.2) is 24.3 Å². The summed E-state index contributed by atoms with van der Waals surface area (Å²) in [6, 6.07) is 4.40. The van der Waals surface area contributed by atoms with Gasteiger partial charge in [0.1, 0.15) is 11.8 Å². The number of nitrogens with one attached hydrogen (secondary N) is 1. The van der Waals surface area contributed by atoms with Crippen LogP contribution in [0.3, 0.4) is 0 Å². The summed E-state index contributed by atoms with van der Waals surface area (Å²) in [5, 5.41) is 2.94. The molecule has 0 aliphatic carbocycles. The van der Waals surface area contributed by atoms with Crippen LogP contribution in [0.5, 0.6) is 5.75 Å². The number of alkyl halides is 3. The molecule has 118 valence electrons. The van der Waals surface area contributed by atoms with Gasteiger partial charge in [0.25, 0.3) is 0 Å². The van der Waals surface area contributed by atoms with Gasteiger partial charge in [-0.1, -0.05) is 25.1 Å². The summed E-state index contributed by atoms with van der Waals surface area (Å²) in [5.74, 6) is -1.09. The maximum absolute atomic E-state index is 12.4. The first-order valence-corrected chi connectivity index (χ1v) is 6.47. The number of ether oxygens (including phenoxy) is 2. The lowest BCUT2D eigenvalue weighted by Gasteiger charge is -2.23. The number of halogens is 3. The lowest BCUT2D eigenvalue weighted by Crippen LogP contribution is -2.36. The van der Waals surface area contributed by atoms with Crippen molar-refractivity contribution in [2.24, 2.45) is 0 Å². The monoisotopic (exact) mass is 305 g/mol. The standard InChI is InChI=1S/C14H18F3NO3/c1-4-9(2)18-12(13(19)20-3)10-7-5-6-8-11(10)21-14(15,16)17/h5-9,12,18H,4H2,1-3H3. The first-order valence-electron chi connectivity index (χ1n) is 6.47. The molecule has 7 heteroatoms. The number of carbonyl (C=O) groups excluding carboxylic acids is 1. The van der Waals surface area contributed by atoms with Gasteiger partial charge in [-0.05, 0) is 19.4 Å². The van der Waals surface area contributed by atoms with E-state index in [0.717, 1.165) is 6.07 Å². The average molecular weight is 305 g/mol. The van der Waals surface area contributed by atoms with Crippen molar-refractivity contribution in [3.05, 3.63) is 29.8 Å². The number of carbonyl (C=O) groups is 1. The quantitative estimate of drug-likeness (QED) is 0.820. The van der Waals surface area contributed by atoms with Crippen molar-refractivity contribution in [3.63, 3.8) is 0 Å². The molecule has 2 atom stereocenters. The Labute approximate surface area is 121 Å². The molecule has 0 aliphatic rings. The van der Waals surface area contributed by atoms with Crippen molar-refractivity contribution in [1.29, 1.82) is 0 Å². The third-order valence-corrected chi connectivity index (χ3v) is 2.96. The van der Waals surface area contributed by atoms with E-state index in [-0.39, 0.29) is 11.6 Å². The molecule has 0 heterocycles. The highest BCUT2D eigenvalue weighted by atomic mass is 19.4. The van der Waals surface area contributed by atoms with E-state index in [0.29, 0.717) is 6.42 Å². The molecular formula is C14H18F3NO3. The van der Waals surface area contributed by atoms with E-state index in [1.165, 1.54) is 25.3 Å². The van der Waals surface area contributed by atoms with Crippen LogP contribution in [0.4, 0.5) is 13.2 Å². The fourth-order valence-corrected chi connectivity index (χ4v) is 1.74. The predicted molar refractivity (Wildman–Crippen MR) is 70.8 cm³/mol. The lowest BCUT2D eigenvalue weighted by atomic mass is 10.0. The Morgan fingerprint density at radius 1 is 1.33 bits per heavy atom. The molecule has 0 amide bonds. The van der Waals surface area contributed by atoms with Crippen LogP contribution in [-0.4, -0.2) is 25.5 Å². The maximum atomic E-state index is 12.4. The second kappa shape index (κ2) is 7.31. The molecule has 0 aliphatic heterocycles. The zero-order valence-electron chi connectivity index (χ0n) is 12.0. The first-order chi connectivity index (χ1) is 9.78. The van der Waals surface area contributed by atoms with Gasteiger partial charge in [0.05, 0.1) is 7.11 Å². The Kier molecular flexibility index (Phi) is 6.02. The van der Waals surface area contributed by atoms with Crippen LogP contribution in [0.2, 0.25) is 0 Å². The number of rotatable bonds is 6. The van der Waals surface area contributed by atoms with E-state index in [2.05, 4.69) is 14.8 Å². The highest BCUT2D eigenvalue weighted by Crippen LogP contribution is 2.31. The van der Waals surface area contributed by atoms with Gasteiger partial charge in [-0.2, -0.15) is 0 Å². The summed E-state index contributed by atoms with van der Waals surface area (Å²) < 4.78 is 45.9. The van der Waals surface area contributed by atoms with E-state index < -0.39 is 24.1 Å². The van der Waals surface area contributed by atoms with Crippen molar-refractivity contribution in [3.8, 4) is 5.75 Å². The summed E-state index contributed by atoms with van der Waals surface area (Å²) in [6.07, 6.45) is -4.12. The summed E-state index contributed by atoms with van der Waals surface area (Å²) >= 11 is 0. The number of hydrogen-bond acceptors (Lipinski definition) is 4. The first kappa shape index (κ1) is 17.3. The zero-order valence-corrected chi connectivity index (χ0v) is 12.0. The molecule has 1 N–H and O–H groups in total. The number of para-hydroxylation sites is 1. The Morgan fingerprint density at radius 3 is 2.48 bits per heavy atom. The number of methoxy groups -OCH3 is 1. The summed E-state index contributed by atoms with van der Waals surface area (Å²) in [6.45, 7) is 3.72. The largest absolute Gasteiger partial charge is 0.573 e. The minimum atomic E-state index is -4.83. The van der Waals surface area contributed by atoms with Gasteiger partial charge in [-0.15, -0.1) is 13.2 Å². The maximum Gasteiger partial charge on any atom is 0.573 e. The molecule has 0 fully saturated rings. The van der Waals surface area contributed by atoms with Gasteiger partial charge < -0.3 is 9.47 Å². The number of benzene rings is 1. The Balaban J connectivity index is 3.15. The third kappa shape index (κ3) is 5.26. The molecule has 0 saturated heterocycles. The Morgan fingerprint density at radius 2 is 1.95 bits per heavy atom. The van der Waals surface area contributed by atoms with Crippen molar-refractivity contribution in [2.45, 2.75) is 38.7 Å². The van der Waals surface area contributed by atoms with E-state index in [1.807, 2.05) is 13.8 Å². The Hall–Kier alpha value is -1.76. The van der Waals surface area contributed by atoms with Gasteiger partial charge >= 0.3 is 12.3 Å². The topological polar surface area (TPSA) is 47.6 Å². The molecule has 0 aromatic heterocycles. The third-order valence-electron chi connectivity index (χ3n) is 2.96. The fourth-order valence-electron chi connectivity index (χ4n) is 1.74. The van der Waals surface area contributed by atoms with Gasteiger partial charge in [-0.25, -0.2) is 4.79 Å².